The molecule has 2 atom stereocenters. The molecule has 0 amide bonds. The van der Waals surface area contributed by atoms with E-state index in [1.807, 2.05) is 0 Å². The molecule has 1 rings (SSSR count). The van der Waals surface area contributed by atoms with Crippen LogP contribution in [0.1, 0.15) is 39.5 Å². The van der Waals surface area contributed by atoms with E-state index in [-0.39, 0.29) is 11.5 Å². The van der Waals surface area contributed by atoms with Gasteiger partial charge in [0.1, 0.15) is 0 Å². The molecule has 0 aromatic carbocycles. The number of hydrogen-bond acceptors (Lipinski definition) is 3. The van der Waals surface area contributed by atoms with Crippen LogP contribution in [0.2, 0.25) is 0 Å². The van der Waals surface area contributed by atoms with E-state index in [9.17, 15) is 4.21 Å². The number of ether oxygens (including phenoxy) is 1. The summed E-state index contributed by atoms with van der Waals surface area (Å²) < 4.78 is 17.3. The Labute approximate surface area is 102 Å². The summed E-state index contributed by atoms with van der Waals surface area (Å²) in [7, 11) is -0.712. The average molecular weight is 247 g/mol. The van der Waals surface area contributed by atoms with Gasteiger partial charge in [-0.05, 0) is 37.6 Å². The highest BCUT2D eigenvalue weighted by Crippen LogP contribution is 2.20. The van der Waals surface area contributed by atoms with Crippen molar-refractivity contribution in [2.24, 2.45) is 11.1 Å². The molecule has 4 heteroatoms. The van der Waals surface area contributed by atoms with Gasteiger partial charge in [-0.25, -0.2) is 0 Å². The topological polar surface area (TPSA) is 52.3 Å². The van der Waals surface area contributed by atoms with Gasteiger partial charge >= 0.3 is 0 Å². The number of hydrogen-bond donors (Lipinski definition) is 1. The Morgan fingerprint density at radius 3 is 2.81 bits per heavy atom. The van der Waals surface area contributed by atoms with Crippen molar-refractivity contribution in [2.75, 3.05) is 24.7 Å². The first-order chi connectivity index (χ1) is 7.53. The highest BCUT2D eigenvalue weighted by molar-refractivity contribution is 7.85. The van der Waals surface area contributed by atoms with Gasteiger partial charge in [0.15, 0.2) is 0 Å². The molecular formula is C12H25NO2S. The van der Waals surface area contributed by atoms with E-state index in [1.54, 1.807) is 0 Å². The van der Waals surface area contributed by atoms with Crippen LogP contribution in [-0.2, 0) is 15.5 Å². The maximum atomic E-state index is 11.8. The molecule has 96 valence electrons. The third-order valence-corrected chi connectivity index (χ3v) is 4.66. The molecule has 1 saturated heterocycles. The Hall–Kier alpha value is 0.0700. The van der Waals surface area contributed by atoms with E-state index < -0.39 is 10.8 Å². The van der Waals surface area contributed by atoms with Gasteiger partial charge in [0.05, 0.1) is 6.10 Å². The van der Waals surface area contributed by atoms with Crippen LogP contribution in [0, 0.1) is 5.41 Å². The van der Waals surface area contributed by atoms with Crippen LogP contribution < -0.4 is 5.73 Å². The first-order valence-electron chi connectivity index (χ1n) is 6.20. The van der Waals surface area contributed by atoms with Crippen LogP contribution in [0.25, 0.3) is 0 Å². The highest BCUT2D eigenvalue weighted by Gasteiger charge is 2.19. The van der Waals surface area contributed by atoms with Crippen LogP contribution in [-0.4, -0.2) is 35.0 Å². The summed E-state index contributed by atoms with van der Waals surface area (Å²) in [5.41, 5.74) is 5.85. The molecule has 1 heterocycles. The summed E-state index contributed by atoms with van der Waals surface area (Å²) in [5, 5.41) is 0. The largest absolute Gasteiger partial charge is 0.377 e. The second-order valence-electron chi connectivity index (χ2n) is 5.42. The van der Waals surface area contributed by atoms with Gasteiger partial charge in [0.25, 0.3) is 0 Å². The summed E-state index contributed by atoms with van der Waals surface area (Å²) in [4.78, 5) is 0. The molecule has 3 nitrogen and oxygen atoms in total. The second-order valence-corrected chi connectivity index (χ2v) is 7.04. The second kappa shape index (κ2) is 6.72. The van der Waals surface area contributed by atoms with Gasteiger partial charge in [0.2, 0.25) is 0 Å². The summed E-state index contributed by atoms with van der Waals surface area (Å²) in [5.74, 6) is 1.52. The van der Waals surface area contributed by atoms with Gasteiger partial charge < -0.3 is 10.5 Å². The van der Waals surface area contributed by atoms with Crippen LogP contribution in [0.15, 0.2) is 0 Å². The highest BCUT2D eigenvalue weighted by atomic mass is 32.2. The molecule has 16 heavy (non-hydrogen) atoms. The monoisotopic (exact) mass is 247 g/mol. The predicted molar refractivity (Wildman–Crippen MR) is 68.9 cm³/mol. The molecule has 0 bridgehead atoms. The molecule has 1 aliphatic rings. The van der Waals surface area contributed by atoms with Crippen molar-refractivity contribution < 1.29 is 8.95 Å². The summed E-state index contributed by atoms with van der Waals surface area (Å²) in [6, 6.07) is 0. The fourth-order valence-electron chi connectivity index (χ4n) is 1.88. The fourth-order valence-corrected chi connectivity index (χ4v) is 3.19. The Bertz CT molecular complexity index is 225. The zero-order valence-corrected chi connectivity index (χ0v) is 11.4. The standard InChI is InChI=1S/C12H25NO2S/c1-12(2,10-13)6-4-8-16(14)9-11-5-3-7-15-11/h11H,3-10,13H2,1-2H3. The summed E-state index contributed by atoms with van der Waals surface area (Å²) >= 11 is 0. The Balaban J connectivity index is 2.10. The lowest BCUT2D eigenvalue weighted by atomic mass is 9.88. The average Bonchev–Trinajstić information content (AvgIpc) is 2.70. The zero-order chi connectivity index (χ0) is 12.0. The minimum Gasteiger partial charge on any atom is -0.377 e. The molecule has 0 radical (unpaired) electrons. The van der Waals surface area contributed by atoms with Gasteiger partial charge in [-0.1, -0.05) is 13.8 Å². The number of rotatable bonds is 7. The van der Waals surface area contributed by atoms with Crippen molar-refractivity contribution in [1.29, 1.82) is 0 Å². The van der Waals surface area contributed by atoms with Crippen LogP contribution in [0.3, 0.4) is 0 Å². The smallest absolute Gasteiger partial charge is 0.0691 e. The maximum Gasteiger partial charge on any atom is 0.0691 e. The predicted octanol–water partition coefficient (Wildman–Crippen LogP) is 1.68. The van der Waals surface area contributed by atoms with Crippen LogP contribution in [0.5, 0.6) is 0 Å². The van der Waals surface area contributed by atoms with E-state index >= 15 is 0 Å². The SMILES string of the molecule is CC(C)(CN)CCCS(=O)CC1CCCO1. The molecule has 0 aromatic rings. The fraction of sp³-hybridized carbons (Fsp3) is 1.00. The maximum absolute atomic E-state index is 11.8. The third kappa shape index (κ3) is 5.41. The van der Waals surface area contributed by atoms with E-state index in [2.05, 4.69) is 13.8 Å². The van der Waals surface area contributed by atoms with Crippen molar-refractivity contribution in [1.82, 2.24) is 0 Å². The van der Waals surface area contributed by atoms with E-state index in [0.717, 1.165) is 43.8 Å². The van der Waals surface area contributed by atoms with Crippen LogP contribution in [0.4, 0.5) is 0 Å². The third-order valence-electron chi connectivity index (χ3n) is 3.17. The molecular weight excluding hydrogens is 222 g/mol. The van der Waals surface area contributed by atoms with E-state index in [4.69, 9.17) is 10.5 Å². The molecule has 0 aliphatic carbocycles. The molecule has 0 aromatic heterocycles. The molecule has 0 saturated carbocycles. The molecule has 0 spiro atoms. The van der Waals surface area contributed by atoms with Crippen molar-refractivity contribution in [3.05, 3.63) is 0 Å². The van der Waals surface area contributed by atoms with E-state index in [0.29, 0.717) is 6.54 Å². The Morgan fingerprint density at radius 2 is 2.25 bits per heavy atom. The zero-order valence-electron chi connectivity index (χ0n) is 10.5. The molecule has 1 fully saturated rings. The first-order valence-corrected chi connectivity index (χ1v) is 7.69. The van der Waals surface area contributed by atoms with Crippen molar-refractivity contribution in [2.45, 2.75) is 45.6 Å². The summed E-state index contributed by atoms with van der Waals surface area (Å²) in [6.45, 7) is 5.87. The Morgan fingerprint density at radius 1 is 1.50 bits per heavy atom. The van der Waals surface area contributed by atoms with Gasteiger partial charge in [-0.15, -0.1) is 0 Å². The van der Waals surface area contributed by atoms with E-state index in [1.165, 1.54) is 0 Å². The molecule has 1 aliphatic heterocycles. The minimum atomic E-state index is -0.712. The van der Waals surface area contributed by atoms with Gasteiger partial charge in [-0.2, -0.15) is 0 Å². The van der Waals surface area contributed by atoms with Crippen molar-refractivity contribution >= 4 is 10.8 Å². The lowest BCUT2D eigenvalue weighted by Crippen LogP contribution is -2.24. The lowest BCUT2D eigenvalue weighted by molar-refractivity contribution is 0.128. The molecule has 2 unspecified atom stereocenters. The van der Waals surface area contributed by atoms with Gasteiger partial charge in [0, 0.05) is 28.9 Å². The van der Waals surface area contributed by atoms with Gasteiger partial charge in [-0.3, -0.25) is 4.21 Å². The number of nitrogens with two attached hydrogens (primary N) is 1. The quantitative estimate of drug-likeness (QED) is 0.744. The normalized spacial score (nSPS) is 23.6. The van der Waals surface area contributed by atoms with Crippen molar-refractivity contribution in [3.63, 3.8) is 0 Å². The minimum absolute atomic E-state index is 0.189. The Kier molecular flexibility index (Phi) is 5.94. The van der Waals surface area contributed by atoms with Crippen LogP contribution >= 0.6 is 0 Å². The first kappa shape index (κ1) is 14.1. The summed E-state index contributed by atoms with van der Waals surface area (Å²) in [6.07, 6.45) is 4.52. The van der Waals surface area contributed by atoms with Crippen molar-refractivity contribution in [3.8, 4) is 0 Å². The molecule has 2 N–H and O–H groups in total. The lowest BCUT2D eigenvalue weighted by Gasteiger charge is -2.21.